The molecule has 0 aromatic heterocycles. The maximum absolute atomic E-state index is 13.2. The first-order valence-electron chi connectivity index (χ1n) is 8.81. The number of carbonyl (C=O) groups is 2. The van der Waals surface area contributed by atoms with Gasteiger partial charge in [0, 0.05) is 16.5 Å². The molecule has 0 radical (unpaired) electrons. The Hall–Kier alpha value is -2.94. The van der Waals surface area contributed by atoms with E-state index in [0.717, 1.165) is 16.3 Å². The van der Waals surface area contributed by atoms with E-state index >= 15 is 0 Å². The highest BCUT2D eigenvalue weighted by Crippen LogP contribution is 2.35. The standard InChI is InChI=1S/C23H21NO2/c1-14-13-16(23(2,3)4)11-12-19(14)24-21(25)17-9-5-7-15-8-6-10-18(20(15)17)22(24)26/h5-13H,1-4H3. The van der Waals surface area contributed by atoms with Crippen molar-refractivity contribution in [1.82, 2.24) is 0 Å². The normalized spacial score (nSPS) is 14.2. The molecule has 130 valence electrons. The van der Waals surface area contributed by atoms with Crippen LogP contribution in [0.15, 0.2) is 54.6 Å². The minimum atomic E-state index is -0.258. The summed E-state index contributed by atoms with van der Waals surface area (Å²) < 4.78 is 0. The number of hydrogen-bond acceptors (Lipinski definition) is 2. The number of rotatable bonds is 1. The zero-order valence-electron chi connectivity index (χ0n) is 15.5. The van der Waals surface area contributed by atoms with Gasteiger partial charge in [0.2, 0.25) is 0 Å². The van der Waals surface area contributed by atoms with Gasteiger partial charge in [0.05, 0.1) is 5.69 Å². The summed E-state index contributed by atoms with van der Waals surface area (Å²) in [5.41, 5.74) is 3.93. The average Bonchev–Trinajstić information content (AvgIpc) is 2.60. The minimum Gasteiger partial charge on any atom is -0.268 e. The molecule has 1 heterocycles. The molecule has 0 N–H and O–H groups in total. The van der Waals surface area contributed by atoms with E-state index < -0.39 is 0 Å². The van der Waals surface area contributed by atoms with Crippen LogP contribution in [0, 0.1) is 6.92 Å². The lowest BCUT2D eigenvalue weighted by atomic mass is 9.85. The summed E-state index contributed by atoms with van der Waals surface area (Å²) in [7, 11) is 0. The highest BCUT2D eigenvalue weighted by molar-refractivity contribution is 6.35. The Morgan fingerprint density at radius 2 is 1.38 bits per heavy atom. The molecule has 0 atom stereocenters. The van der Waals surface area contributed by atoms with Gasteiger partial charge in [-0.1, -0.05) is 57.2 Å². The van der Waals surface area contributed by atoms with Crippen LogP contribution < -0.4 is 4.90 Å². The fourth-order valence-electron chi connectivity index (χ4n) is 3.62. The molecule has 1 aliphatic rings. The van der Waals surface area contributed by atoms with E-state index in [0.29, 0.717) is 16.8 Å². The number of amides is 2. The Morgan fingerprint density at radius 1 is 0.808 bits per heavy atom. The molecule has 1 aliphatic heterocycles. The SMILES string of the molecule is Cc1cc(C(C)(C)C)ccc1N1C(=O)c2cccc3cccc(c23)C1=O. The van der Waals surface area contributed by atoms with E-state index in [1.807, 2.05) is 43.3 Å². The first-order chi connectivity index (χ1) is 12.3. The molecule has 3 aromatic carbocycles. The van der Waals surface area contributed by atoms with Gasteiger partial charge in [0.15, 0.2) is 0 Å². The predicted octanol–water partition coefficient (Wildman–Crippen LogP) is 5.25. The van der Waals surface area contributed by atoms with Crippen LogP contribution in [0.3, 0.4) is 0 Å². The van der Waals surface area contributed by atoms with Crippen molar-refractivity contribution < 1.29 is 9.59 Å². The first-order valence-corrected chi connectivity index (χ1v) is 8.81. The van der Waals surface area contributed by atoms with Crippen LogP contribution in [0.25, 0.3) is 10.8 Å². The molecular weight excluding hydrogens is 322 g/mol. The lowest BCUT2D eigenvalue weighted by Crippen LogP contribution is -2.40. The Balaban J connectivity index is 1.90. The Morgan fingerprint density at radius 3 is 1.88 bits per heavy atom. The van der Waals surface area contributed by atoms with Crippen molar-refractivity contribution in [3.63, 3.8) is 0 Å². The second-order valence-corrected chi connectivity index (χ2v) is 7.91. The summed E-state index contributed by atoms with van der Waals surface area (Å²) in [6, 6.07) is 17.1. The van der Waals surface area contributed by atoms with Crippen molar-refractivity contribution in [3.05, 3.63) is 76.9 Å². The summed E-state index contributed by atoms with van der Waals surface area (Å²) in [5.74, 6) is -0.517. The molecule has 0 saturated carbocycles. The number of aryl methyl sites for hydroxylation is 1. The number of nitrogens with zero attached hydrogens (tertiary/aromatic N) is 1. The van der Waals surface area contributed by atoms with Crippen LogP contribution >= 0.6 is 0 Å². The number of hydrogen-bond donors (Lipinski definition) is 0. The van der Waals surface area contributed by atoms with Crippen LogP contribution in [0.5, 0.6) is 0 Å². The molecule has 0 aliphatic carbocycles. The van der Waals surface area contributed by atoms with Crippen LogP contribution in [-0.2, 0) is 5.41 Å². The smallest absolute Gasteiger partial charge is 0.265 e. The summed E-state index contributed by atoms with van der Waals surface area (Å²) in [4.78, 5) is 27.6. The van der Waals surface area contributed by atoms with Gasteiger partial charge in [-0.2, -0.15) is 0 Å². The topological polar surface area (TPSA) is 37.4 Å². The van der Waals surface area contributed by atoms with Crippen molar-refractivity contribution in [3.8, 4) is 0 Å². The summed E-state index contributed by atoms with van der Waals surface area (Å²) in [6.45, 7) is 8.40. The van der Waals surface area contributed by atoms with E-state index in [2.05, 4.69) is 26.8 Å². The molecule has 4 rings (SSSR count). The van der Waals surface area contributed by atoms with Crippen molar-refractivity contribution >= 4 is 28.3 Å². The molecule has 26 heavy (non-hydrogen) atoms. The second-order valence-electron chi connectivity index (χ2n) is 7.91. The molecule has 0 bridgehead atoms. The van der Waals surface area contributed by atoms with Gasteiger partial charge in [-0.3, -0.25) is 9.59 Å². The van der Waals surface area contributed by atoms with Crippen LogP contribution in [0.2, 0.25) is 0 Å². The zero-order chi connectivity index (χ0) is 18.6. The summed E-state index contributed by atoms with van der Waals surface area (Å²) in [5, 5.41) is 1.67. The average molecular weight is 343 g/mol. The third-order valence-corrected chi connectivity index (χ3v) is 5.08. The van der Waals surface area contributed by atoms with E-state index in [-0.39, 0.29) is 17.2 Å². The maximum atomic E-state index is 13.2. The van der Waals surface area contributed by atoms with Crippen molar-refractivity contribution in [2.24, 2.45) is 0 Å². The molecule has 2 amide bonds. The van der Waals surface area contributed by atoms with Gasteiger partial charge >= 0.3 is 0 Å². The largest absolute Gasteiger partial charge is 0.268 e. The molecule has 3 heteroatoms. The molecule has 0 saturated heterocycles. The highest BCUT2D eigenvalue weighted by Gasteiger charge is 2.34. The maximum Gasteiger partial charge on any atom is 0.265 e. The molecule has 3 aromatic rings. The van der Waals surface area contributed by atoms with E-state index in [1.165, 1.54) is 10.5 Å². The highest BCUT2D eigenvalue weighted by atomic mass is 16.2. The third kappa shape index (κ3) is 2.35. The van der Waals surface area contributed by atoms with Crippen molar-refractivity contribution in [2.75, 3.05) is 4.90 Å². The summed E-state index contributed by atoms with van der Waals surface area (Å²) >= 11 is 0. The fourth-order valence-corrected chi connectivity index (χ4v) is 3.62. The number of carbonyl (C=O) groups excluding carboxylic acids is 2. The molecule has 0 spiro atoms. The quantitative estimate of drug-likeness (QED) is 0.566. The minimum absolute atomic E-state index is 0.0113. The van der Waals surface area contributed by atoms with Crippen molar-refractivity contribution in [1.29, 1.82) is 0 Å². The first kappa shape index (κ1) is 16.5. The lowest BCUT2D eigenvalue weighted by Gasteiger charge is -2.29. The van der Waals surface area contributed by atoms with Gasteiger partial charge in [-0.15, -0.1) is 0 Å². The number of anilines is 1. The Bertz CT molecular complexity index is 1020. The van der Waals surface area contributed by atoms with Crippen molar-refractivity contribution in [2.45, 2.75) is 33.1 Å². The molecule has 0 fully saturated rings. The molecular formula is C23H21NO2. The molecule has 0 unspecified atom stereocenters. The Kier molecular flexibility index (Phi) is 3.52. The third-order valence-electron chi connectivity index (χ3n) is 5.08. The van der Waals surface area contributed by atoms with Gasteiger partial charge in [0.1, 0.15) is 0 Å². The van der Waals surface area contributed by atoms with Gasteiger partial charge in [-0.05, 0) is 47.1 Å². The van der Waals surface area contributed by atoms with Gasteiger partial charge in [-0.25, -0.2) is 4.90 Å². The summed E-state index contributed by atoms with van der Waals surface area (Å²) in [6.07, 6.45) is 0. The number of benzene rings is 3. The second kappa shape index (κ2) is 5.53. The fraction of sp³-hybridized carbons (Fsp3) is 0.217. The Labute approximate surface area is 153 Å². The monoisotopic (exact) mass is 343 g/mol. The lowest BCUT2D eigenvalue weighted by molar-refractivity contribution is 0.0893. The van der Waals surface area contributed by atoms with Crippen LogP contribution in [0.4, 0.5) is 5.69 Å². The van der Waals surface area contributed by atoms with E-state index in [9.17, 15) is 9.59 Å². The van der Waals surface area contributed by atoms with Crippen LogP contribution in [0.1, 0.15) is 52.6 Å². The zero-order valence-corrected chi connectivity index (χ0v) is 15.5. The van der Waals surface area contributed by atoms with Gasteiger partial charge < -0.3 is 0 Å². The predicted molar refractivity (Wildman–Crippen MR) is 105 cm³/mol. The van der Waals surface area contributed by atoms with E-state index in [1.54, 1.807) is 12.1 Å². The molecule has 3 nitrogen and oxygen atoms in total. The van der Waals surface area contributed by atoms with Gasteiger partial charge in [0.25, 0.3) is 11.8 Å². The number of imide groups is 1. The van der Waals surface area contributed by atoms with Crippen LogP contribution in [-0.4, -0.2) is 11.8 Å². The van der Waals surface area contributed by atoms with E-state index in [4.69, 9.17) is 0 Å².